The molecule has 0 aliphatic heterocycles. The molecule has 0 radical (unpaired) electrons. The van der Waals surface area contributed by atoms with Crippen LogP contribution in [-0.4, -0.2) is 30.8 Å². The first kappa shape index (κ1) is 14.3. The second-order valence-electron chi connectivity index (χ2n) is 2.34. The lowest BCUT2D eigenvalue weighted by Gasteiger charge is -2.13. The molecule has 0 atom stereocenters. The molecular weight excluding hydrogens is 166 g/mol. The molecular formula is C10H21NS. The van der Waals surface area contributed by atoms with Gasteiger partial charge in [-0.1, -0.05) is 13.5 Å². The Morgan fingerprint density at radius 3 is 2.33 bits per heavy atom. The van der Waals surface area contributed by atoms with E-state index in [9.17, 15) is 0 Å². The number of hydrogen-bond donors (Lipinski definition) is 0. The van der Waals surface area contributed by atoms with Crippen molar-refractivity contribution in [1.82, 2.24) is 4.90 Å². The zero-order valence-corrected chi connectivity index (χ0v) is 9.20. The van der Waals surface area contributed by atoms with E-state index in [1.807, 2.05) is 5.41 Å². The SMILES string of the molecule is C=C.C=CSCCN(C)CCC. The Morgan fingerprint density at radius 2 is 1.92 bits per heavy atom. The highest BCUT2D eigenvalue weighted by Gasteiger charge is 1.93. The van der Waals surface area contributed by atoms with Crippen LogP contribution in [0.5, 0.6) is 0 Å². The summed E-state index contributed by atoms with van der Waals surface area (Å²) in [6.45, 7) is 14.2. The molecule has 0 amide bonds. The zero-order chi connectivity index (χ0) is 9.82. The first-order valence-corrected chi connectivity index (χ1v) is 5.27. The summed E-state index contributed by atoms with van der Waals surface area (Å²) in [6, 6.07) is 0. The minimum Gasteiger partial charge on any atom is -0.306 e. The molecule has 72 valence electrons. The molecule has 1 nitrogen and oxygen atoms in total. The van der Waals surface area contributed by atoms with E-state index < -0.39 is 0 Å². The maximum absolute atomic E-state index is 3.65. The summed E-state index contributed by atoms with van der Waals surface area (Å²) >= 11 is 1.78. The quantitative estimate of drug-likeness (QED) is 0.464. The van der Waals surface area contributed by atoms with Crippen molar-refractivity contribution in [3.05, 3.63) is 25.1 Å². The number of nitrogens with zero attached hydrogens (tertiary/aromatic N) is 1. The third kappa shape index (κ3) is 12.5. The van der Waals surface area contributed by atoms with Crippen molar-refractivity contribution in [2.45, 2.75) is 13.3 Å². The van der Waals surface area contributed by atoms with Crippen LogP contribution >= 0.6 is 11.8 Å². The average molecular weight is 187 g/mol. The topological polar surface area (TPSA) is 3.24 Å². The molecule has 12 heavy (non-hydrogen) atoms. The van der Waals surface area contributed by atoms with Crippen LogP contribution in [0.25, 0.3) is 0 Å². The van der Waals surface area contributed by atoms with E-state index in [1.54, 1.807) is 11.8 Å². The maximum atomic E-state index is 3.65. The van der Waals surface area contributed by atoms with Gasteiger partial charge in [0.05, 0.1) is 0 Å². The maximum Gasteiger partial charge on any atom is 0.0102 e. The van der Waals surface area contributed by atoms with Gasteiger partial charge in [-0.25, -0.2) is 0 Å². The van der Waals surface area contributed by atoms with E-state index in [1.165, 1.54) is 25.3 Å². The van der Waals surface area contributed by atoms with Gasteiger partial charge in [-0.3, -0.25) is 0 Å². The highest BCUT2D eigenvalue weighted by molar-refractivity contribution is 8.02. The summed E-state index contributed by atoms with van der Waals surface area (Å²) in [5, 5.41) is 1.90. The lowest BCUT2D eigenvalue weighted by atomic mass is 10.4. The molecule has 0 heterocycles. The summed E-state index contributed by atoms with van der Waals surface area (Å²) in [7, 11) is 2.16. The van der Waals surface area contributed by atoms with Crippen LogP contribution in [0.4, 0.5) is 0 Å². The van der Waals surface area contributed by atoms with Crippen LogP contribution < -0.4 is 0 Å². The third-order valence-electron chi connectivity index (χ3n) is 1.31. The van der Waals surface area contributed by atoms with E-state index in [2.05, 4.69) is 38.6 Å². The second-order valence-corrected chi connectivity index (χ2v) is 3.42. The Hall–Kier alpha value is -0.210. The predicted molar refractivity (Wildman–Crippen MR) is 61.7 cm³/mol. The summed E-state index contributed by atoms with van der Waals surface area (Å²) < 4.78 is 0. The predicted octanol–water partition coefficient (Wildman–Crippen LogP) is 3.01. The molecule has 0 saturated carbocycles. The standard InChI is InChI=1S/C8H17NS.C2H4/c1-4-6-9(3)7-8-10-5-2;1-2/h5H,2,4,6-8H2,1,3H3;1-2H2. The zero-order valence-electron chi connectivity index (χ0n) is 8.38. The summed E-state index contributed by atoms with van der Waals surface area (Å²) in [4.78, 5) is 2.34. The smallest absolute Gasteiger partial charge is 0.0102 e. The molecule has 0 spiro atoms. The Bertz CT molecular complexity index is 93.8. The van der Waals surface area contributed by atoms with Gasteiger partial charge in [-0.15, -0.1) is 24.9 Å². The molecule has 0 aliphatic carbocycles. The van der Waals surface area contributed by atoms with Gasteiger partial charge in [-0.2, -0.15) is 0 Å². The molecule has 0 unspecified atom stereocenters. The Morgan fingerprint density at radius 1 is 1.33 bits per heavy atom. The molecule has 0 bridgehead atoms. The second kappa shape index (κ2) is 13.4. The van der Waals surface area contributed by atoms with Gasteiger partial charge >= 0.3 is 0 Å². The minimum absolute atomic E-state index is 1.17. The largest absolute Gasteiger partial charge is 0.306 e. The van der Waals surface area contributed by atoms with Gasteiger partial charge < -0.3 is 4.90 Å². The van der Waals surface area contributed by atoms with Crippen LogP contribution in [0.1, 0.15) is 13.3 Å². The van der Waals surface area contributed by atoms with Crippen LogP contribution in [0.15, 0.2) is 25.1 Å². The number of thioether (sulfide) groups is 1. The average Bonchev–Trinajstić information content (AvgIpc) is 2.09. The van der Waals surface area contributed by atoms with Crippen molar-refractivity contribution in [1.29, 1.82) is 0 Å². The first-order chi connectivity index (χ1) is 5.81. The van der Waals surface area contributed by atoms with Gasteiger partial charge in [-0.05, 0) is 25.4 Å². The van der Waals surface area contributed by atoms with E-state index >= 15 is 0 Å². The number of rotatable bonds is 6. The molecule has 0 aromatic carbocycles. The van der Waals surface area contributed by atoms with Crippen molar-refractivity contribution in [2.24, 2.45) is 0 Å². The summed E-state index contributed by atoms with van der Waals surface area (Å²) in [5.74, 6) is 1.17. The normalized spacial score (nSPS) is 8.92. The number of hydrogen-bond acceptors (Lipinski definition) is 2. The van der Waals surface area contributed by atoms with Gasteiger partial charge in [0.15, 0.2) is 0 Å². The van der Waals surface area contributed by atoms with E-state index in [4.69, 9.17) is 0 Å². The summed E-state index contributed by atoms with van der Waals surface area (Å²) in [6.07, 6.45) is 1.25. The van der Waals surface area contributed by atoms with Crippen LogP contribution in [-0.2, 0) is 0 Å². The Balaban J connectivity index is 0. The van der Waals surface area contributed by atoms with Crippen molar-refractivity contribution < 1.29 is 0 Å². The highest BCUT2D eigenvalue weighted by atomic mass is 32.2. The molecule has 2 heteroatoms. The molecule has 0 fully saturated rings. The van der Waals surface area contributed by atoms with Gasteiger partial charge in [0.25, 0.3) is 0 Å². The minimum atomic E-state index is 1.17. The summed E-state index contributed by atoms with van der Waals surface area (Å²) in [5.41, 5.74) is 0. The van der Waals surface area contributed by atoms with E-state index in [-0.39, 0.29) is 0 Å². The fourth-order valence-corrected chi connectivity index (χ4v) is 1.37. The highest BCUT2D eigenvalue weighted by Crippen LogP contribution is 1.99. The van der Waals surface area contributed by atoms with Crippen molar-refractivity contribution >= 4 is 11.8 Å². The first-order valence-electron chi connectivity index (χ1n) is 4.22. The lowest BCUT2D eigenvalue weighted by molar-refractivity contribution is 0.356. The molecule has 0 aliphatic rings. The Kier molecular flexibility index (Phi) is 16.0. The van der Waals surface area contributed by atoms with Crippen LogP contribution in [0.2, 0.25) is 0 Å². The van der Waals surface area contributed by atoms with Crippen LogP contribution in [0, 0.1) is 0 Å². The van der Waals surface area contributed by atoms with Crippen molar-refractivity contribution in [3.63, 3.8) is 0 Å². The molecule has 0 aromatic rings. The van der Waals surface area contributed by atoms with Gasteiger partial charge in [0.2, 0.25) is 0 Å². The molecule has 0 saturated heterocycles. The molecule has 0 aromatic heterocycles. The van der Waals surface area contributed by atoms with Crippen molar-refractivity contribution in [2.75, 3.05) is 25.9 Å². The van der Waals surface area contributed by atoms with Crippen molar-refractivity contribution in [3.8, 4) is 0 Å². The fraction of sp³-hybridized carbons (Fsp3) is 0.600. The van der Waals surface area contributed by atoms with E-state index in [0.717, 1.165) is 0 Å². The van der Waals surface area contributed by atoms with Crippen LogP contribution in [0.3, 0.4) is 0 Å². The lowest BCUT2D eigenvalue weighted by Crippen LogP contribution is -2.21. The monoisotopic (exact) mass is 187 g/mol. The van der Waals surface area contributed by atoms with E-state index in [0.29, 0.717) is 0 Å². The van der Waals surface area contributed by atoms with Gasteiger partial charge in [0, 0.05) is 12.3 Å². The third-order valence-corrected chi connectivity index (χ3v) is 1.97. The molecule has 0 N–H and O–H groups in total. The Labute approximate surface area is 81.5 Å². The molecule has 0 rings (SSSR count). The fourth-order valence-electron chi connectivity index (χ4n) is 0.785. The van der Waals surface area contributed by atoms with Gasteiger partial charge in [0.1, 0.15) is 0 Å².